The van der Waals surface area contributed by atoms with E-state index in [1.807, 2.05) is 30.3 Å². The second-order valence-electron chi connectivity index (χ2n) is 9.15. The highest BCUT2D eigenvalue weighted by Gasteiger charge is 2.31. The summed E-state index contributed by atoms with van der Waals surface area (Å²) in [6.45, 7) is 0.537. The van der Waals surface area contributed by atoms with Crippen LogP contribution in [0.5, 0.6) is 5.75 Å². The molecule has 2 aromatic rings. The minimum absolute atomic E-state index is 0.0680. The first kappa shape index (κ1) is 26.4. The molecule has 1 N–H and O–H groups in total. The molecule has 0 bridgehead atoms. The number of thioether (sulfide) groups is 1. The van der Waals surface area contributed by atoms with Crippen molar-refractivity contribution in [3.8, 4) is 5.75 Å². The number of carbonyl (C=O) groups is 2. The third-order valence-electron chi connectivity index (χ3n) is 6.32. The Morgan fingerprint density at radius 1 is 1.06 bits per heavy atom. The molecular formula is C28H31FN2O3S2. The van der Waals surface area contributed by atoms with E-state index >= 15 is 0 Å². The van der Waals surface area contributed by atoms with Crippen molar-refractivity contribution in [3.05, 3.63) is 64.8 Å². The third kappa shape index (κ3) is 7.64. The zero-order valence-electron chi connectivity index (χ0n) is 20.2. The third-order valence-corrected chi connectivity index (χ3v) is 7.70. The standard InChI is InChI=1S/C28H31FN2O3S2/c29-21-12-14-22(15-13-21)30-26(32)9-5-2-6-18-31-27(33)25(36-28(31)35)19-20-10-16-24(17-11-20)34-23-7-3-1-4-8-23/h10-17,19,23H,1-9,18H2,(H,30,32)/b25-19-. The number of nitrogens with zero attached hydrogens (tertiary/aromatic N) is 1. The number of rotatable bonds is 10. The Morgan fingerprint density at radius 2 is 1.78 bits per heavy atom. The SMILES string of the molecule is O=C(CCCCCN1C(=O)/C(=C/c2ccc(OC3CCCCC3)cc2)SC1=S)Nc1ccc(F)cc1. The van der Waals surface area contributed by atoms with Crippen molar-refractivity contribution in [2.75, 3.05) is 11.9 Å². The average Bonchev–Trinajstić information content (AvgIpc) is 3.14. The first-order valence-electron chi connectivity index (χ1n) is 12.6. The zero-order valence-corrected chi connectivity index (χ0v) is 21.8. The molecule has 2 aromatic carbocycles. The van der Waals surface area contributed by atoms with Crippen LogP contribution in [0.2, 0.25) is 0 Å². The Hall–Kier alpha value is -2.71. The van der Waals surface area contributed by atoms with E-state index in [1.165, 1.54) is 55.3 Å². The molecule has 5 nitrogen and oxygen atoms in total. The van der Waals surface area contributed by atoms with Crippen LogP contribution in [0.4, 0.5) is 10.1 Å². The number of carbonyl (C=O) groups excluding carboxylic acids is 2. The summed E-state index contributed by atoms with van der Waals surface area (Å²) >= 11 is 6.77. The zero-order chi connectivity index (χ0) is 25.3. The van der Waals surface area contributed by atoms with Crippen LogP contribution in [-0.2, 0) is 9.59 Å². The van der Waals surface area contributed by atoms with Gasteiger partial charge in [0.2, 0.25) is 5.91 Å². The predicted octanol–water partition coefficient (Wildman–Crippen LogP) is 6.94. The van der Waals surface area contributed by atoms with Crippen molar-refractivity contribution < 1.29 is 18.7 Å². The number of hydrogen-bond acceptors (Lipinski definition) is 5. The summed E-state index contributed by atoms with van der Waals surface area (Å²) in [5.41, 5.74) is 1.52. The Morgan fingerprint density at radius 3 is 2.50 bits per heavy atom. The van der Waals surface area contributed by atoms with Gasteiger partial charge in [-0.1, -0.05) is 49.0 Å². The van der Waals surface area contributed by atoms with Crippen molar-refractivity contribution in [1.29, 1.82) is 0 Å². The maximum Gasteiger partial charge on any atom is 0.266 e. The number of halogens is 1. The van der Waals surface area contributed by atoms with Gasteiger partial charge < -0.3 is 10.1 Å². The van der Waals surface area contributed by atoms with Gasteiger partial charge in [0.25, 0.3) is 5.91 Å². The number of anilines is 1. The average molecular weight is 527 g/mol. The smallest absolute Gasteiger partial charge is 0.266 e. The largest absolute Gasteiger partial charge is 0.490 e. The van der Waals surface area contributed by atoms with Gasteiger partial charge in [-0.25, -0.2) is 4.39 Å². The first-order valence-corrected chi connectivity index (χ1v) is 13.8. The lowest BCUT2D eigenvalue weighted by Crippen LogP contribution is -2.29. The summed E-state index contributed by atoms with van der Waals surface area (Å²) in [4.78, 5) is 27.2. The second kappa shape index (κ2) is 13.0. The van der Waals surface area contributed by atoms with E-state index in [-0.39, 0.29) is 17.6 Å². The lowest BCUT2D eigenvalue weighted by atomic mass is 9.98. The number of benzene rings is 2. The number of unbranched alkanes of at least 4 members (excludes halogenated alkanes) is 2. The molecule has 1 aliphatic carbocycles. The van der Waals surface area contributed by atoms with Crippen molar-refractivity contribution in [2.24, 2.45) is 0 Å². The molecule has 4 rings (SSSR count). The van der Waals surface area contributed by atoms with Crippen LogP contribution in [0.25, 0.3) is 6.08 Å². The summed E-state index contributed by atoms with van der Waals surface area (Å²) in [7, 11) is 0. The van der Waals surface area contributed by atoms with Gasteiger partial charge in [0.1, 0.15) is 15.9 Å². The summed E-state index contributed by atoms with van der Waals surface area (Å²) in [6.07, 6.45) is 10.8. The van der Waals surface area contributed by atoms with E-state index in [9.17, 15) is 14.0 Å². The number of ether oxygens (including phenoxy) is 1. The van der Waals surface area contributed by atoms with Gasteiger partial charge in [-0.3, -0.25) is 14.5 Å². The van der Waals surface area contributed by atoms with Gasteiger partial charge >= 0.3 is 0 Å². The molecule has 8 heteroatoms. The van der Waals surface area contributed by atoms with Gasteiger partial charge in [-0.2, -0.15) is 0 Å². The number of amides is 2. The Balaban J connectivity index is 1.19. The highest BCUT2D eigenvalue weighted by atomic mass is 32.2. The molecule has 190 valence electrons. The minimum Gasteiger partial charge on any atom is -0.490 e. The highest BCUT2D eigenvalue weighted by Crippen LogP contribution is 2.33. The number of thiocarbonyl (C=S) groups is 1. The normalized spacial score (nSPS) is 17.6. The molecular weight excluding hydrogens is 495 g/mol. The predicted molar refractivity (Wildman–Crippen MR) is 147 cm³/mol. The molecule has 1 saturated carbocycles. The van der Waals surface area contributed by atoms with E-state index in [1.54, 1.807) is 4.90 Å². The molecule has 0 unspecified atom stereocenters. The van der Waals surface area contributed by atoms with E-state index in [2.05, 4.69) is 5.32 Å². The Labute approximate surface area is 221 Å². The van der Waals surface area contributed by atoms with E-state index in [0.717, 1.165) is 37.0 Å². The van der Waals surface area contributed by atoms with Crippen LogP contribution >= 0.6 is 24.0 Å². The van der Waals surface area contributed by atoms with Crippen LogP contribution in [0.15, 0.2) is 53.4 Å². The van der Waals surface area contributed by atoms with Crippen molar-refractivity contribution in [1.82, 2.24) is 4.90 Å². The summed E-state index contributed by atoms with van der Waals surface area (Å²) in [5.74, 6) is 0.362. The van der Waals surface area contributed by atoms with Gasteiger partial charge in [-0.15, -0.1) is 0 Å². The van der Waals surface area contributed by atoms with Crippen molar-refractivity contribution in [2.45, 2.75) is 63.9 Å². The molecule has 2 aliphatic rings. The highest BCUT2D eigenvalue weighted by molar-refractivity contribution is 8.26. The molecule has 1 aliphatic heterocycles. The van der Waals surface area contributed by atoms with Crippen LogP contribution in [0.3, 0.4) is 0 Å². The fourth-order valence-electron chi connectivity index (χ4n) is 4.35. The van der Waals surface area contributed by atoms with Gasteiger partial charge in [-0.05, 0) is 86.6 Å². The van der Waals surface area contributed by atoms with Crippen molar-refractivity contribution >= 4 is 51.9 Å². The Bertz CT molecular complexity index is 1100. The Kier molecular flexibility index (Phi) is 9.53. The maximum absolute atomic E-state index is 13.0. The lowest BCUT2D eigenvalue weighted by molar-refractivity contribution is -0.122. The van der Waals surface area contributed by atoms with E-state index in [0.29, 0.717) is 40.4 Å². The fraction of sp³-hybridized carbons (Fsp3) is 0.393. The molecule has 1 heterocycles. The van der Waals surface area contributed by atoms with E-state index < -0.39 is 0 Å². The summed E-state index contributed by atoms with van der Waals surface area (Å²) in [6, 6.07) is 13.6. The number of hydrogen-bond donors (Lipinski definition) is 1. The lowest BCUT2D eigenvalue weighted by Gasteiger charge is -2.22. The van der Waals surface area contributed by atoms with Crippen LogP contribution in [0.1, 0.15) is 63.4 Å². The monoisotopic (exact) mass is 526 g/mol. The molecule has 0 radical (unpaired) electrons. The quantitative estimate of drug-likeness (QED) is 0.207. The molecule has 0 spiro atoms. The summed E-state index contributed by atoms with van der Waals surface area (Å²) < 4.78 is 19.6. The van der Waals surface area contributed by atoms with Gasteiger partial charge in [0, 0.05) is 18.7 Å². The van der Waals surface area contributed by atoms with Gasteiger partial charge in [0.05, 0.1) is 11.0 Å². The second-order valence-corrected chi connectivity index (χ2v) is 10.8. The topological polar surface area (TPSA) is 58.6 Å². The summed E-state index contributed by atoms with van der Waals surface area (Å²) in [5, 5.41) is 2.76. The van der Waals surface area contributed by atoms with E-state index in [4.69, 9.17) is 17.0 Å². The fourth-order valence-corrected chi connectivity index (χ4v) is 5.66. The van der Waals surface area contributed by atoms with Crippen LogP contribution < -0.4 is 10.1 Å². The first-order chi connectivity index (χ1) is 17.5. The van der Waals surface area contributed by atoms with Crippen molar-refractivity contribution in [3.63, 3.8) is 0 Å². The molecule has 36 heavy (non-hydrogen) atoms. The number of nitrogens with one attached hydrogen (secondary N) is 1. The maximum atomic E-state index is 13.0. The molecule has 2 amide bonds. The van der Waals surface area contributed by atoms with Crippen LogP contribution in [-0.4, -0.2) is 33.7 Å². The van der Waals surface area contributed by atoms with Crippen LogP contribution in [0, 0.1) is 5.82 Å². The molecule has 0 atom stereocenters. The van der Waals surface area contributed by atoms with Gasteiger partial charge in [0.15, 0.2) is 0 Å². The minimum atomic E-state index is -0.337. The molecule has 2 fully saturated rings. The molecule has 0 aromatic heterocycles. The molecule has 1 saturated heterocycles.